The molecule has 1 aromatic rings. The second-order valence-electron chi connectivity index (χ2n) is 9.21. The summed E-state index contributed by atoms with van der Waals surface area (Å²) in [6, 6.07) is 5.29. The number of benzene rings is 1. The standard InChI is InChI=1S/C22H32FN3/c23-18-3-4-21-20(13-18)22(15-25-21)7-11-26(12-8-22)14-19(16-1-2-16)17-5-9-24-10-6-17/h3-4,13,16-17,19,24-25H,1-2,5-12,14-15H2. The van der Waals surface area contributed by atoms with Crippen LogP contribution in [0.5, 0.6) is 0 Å². The van der Waals surface area contributed by atoms with Crippen LogP contribution < -0.4 is 10.6 Å². The highest BCUT2D eigenvalue weighted by Gasteiger charge is 2.43. The molecule has 0 amide bonds. The van der Waals surface area contributed by atoms with Crippen LogP contribution in [0.15, 0.2) is 18.2 Å². The van der Waals surface area contributed by atoms with E-state index in [1.165, 1.54) is 76.8 Å². The predicted molar refractivity (Wildman–Crippen MR) is 104 cm³/mol. The van der Waals surface area contributed by atoms with E-state index in [0.717, 1.165) is 30.0 Å². The second-order valence-corrected chi connectivity index (χ2v) is 9.21. The molecule has 0 radical (unpaired) electrons. The summed E-state index contributed by atoms with van der Waals surface area (Å²) >= 11 is 0. The molecule has 5 rings (SSSR count). The summed E-state index contributed by atoms with van der Waals surface area (Å²) in [5, 5.41) is 7.06. The Balaban J connectivity index is 1.24. The Morgan fingerprint density at radius 3 is 2.54 bits per heavy atom. The first-order valence-corrected chi connectivity index (χ1v) is 10.7. The molecule has 4 aliphatic rings. The van der Waals surface area contributed by atoms with Crippen molar-refractivity contribution in [3.63, 3.8) is 0 Å². The molecule has 0 bridgehead atoms. The van der Waals surface area contributed by atoms with E-state index in [2.05, 4.69) is 15.5 Å². The number of hydrogen-bond donors (Lipinski definition) is 2. The van der Waals surface area contributed by atoms with Crippen LogP contribution in [0.25, 0.3) is 0 Å². The van der Waals surface area contributed by atoms with Crippen LogP contribution in [0, 0.1) is 23.6 Å². The van der Waals surface area contributed by atoms with Crippen molar-refractivity contribution in [2.45, 2.75) is 43.9 Å². The van der Waals surface area contributed by atoms with Gasteiger partial charge in [-0.3, -0.25) is 0 Å². The number of hydrogen-bond acceptors (Lipinski definition) is 3. The summed E-state index contributed by atoms with van der Waals surface area (Å²) in [7, 11) is 0. The summed E-state index contributed by atoms with van der Waals surface area (Å²) in [5.41, 5.74) is 2.55. The molecule has 3 fully saturated rings. The maximum absolute atomic E-state index is 13.8. The number of nitrogens with one attached hydrogen (secondary N) is 2. The summed E-state index contributed by atoms with van der Waals surface area (Å²) in [6.45, 7) is 7.06. The number of rotatable bonds is 4. The van der Waals surface area contributed by atoms with Crippen LogP contribution in [-0.4, -0.2) is 44.2 Å². The van der Waals surface area contributed by atoms with Gasteiger partial charge in [0.25, 0.3) is 0 Å². The van der Waals surface area contributed by atoms with Gasteiger partial charge < -0.3 is 15.5 Å². The second kappa shape index (κ2) is 6.79. The van der Waals surface area contributed by atoms with Gasteiger partial charge in [-0.25, -0.2) is 4.39 Å². The molecule has 1 aromatic carbocycles. The summed E-state index contributed by atoms with van der Waals surface area (Å²) in [4.78, 5) is 2.73. The molecule has 0 aromatic heterocycles. The molecule has 1 aliphatic carbocycles. The maximum atomic E-state index is 13.8. The lowest BCUT2D eigenvalue weighted by molar-refractivity contribution is 0.109. The van der Waals surface area contributed by atoms with Gasteiger partial charge in [0, 0.05) is 24.2 Å². The lowest BCUT2D eigenvalue weighted by Gasteiger charge is -2.42. The Kier molecular flexibility index (Phi) is 4.44. The summed E-state index contributed by atoms with van der Waals surface area (Å²) in [6.07, 6.45) is 8.00. The molecule has 1 unspecified atom stereocenters. The van der Waals surface area contributed by atoms with Crippen molar-refractivity contribution in [1.29, 1.82) is 0 Å². The zero-order valence-electron chi connectivity index (χ0n) is 15.8. The van der Waals surface area contributed by atoms with Gasteiger partial charge in [0.15, 0.2) is 0 Å². The first-order valence-electron chi connectivity index (χ1n) is 10.7. The third kappa shape index (κ3) is 3.16. The largest absolute Gasteiger partial charge is 0.384 e. The monoisotopic (exact) mass is 357 g/mol. The molecule has 3 heterocycles. The van der Waals surface area contributed by atoms with Crippen molar-refractivity contribution in [2.75, 3.05) is 44.6 Å². The van der Waals surface area contributed by atoms with E-state index in [4.69, 9.17) is 0 Å². The minimum atomic E-state index is -0.0889. The smallest absolute Gasteiger partial charge is 0.123 e. The zero-order valence-corrected chi connectivity index (χ0v) is 15.8. The van der Waals surface area contributed by atoms with Crippen LogP contribution in [-0.2, 0) is 5.41 Å². The quantitative estimate of drug-likeness (QED) is 0.862. The third-order valence-electron chi connectivity index (χ3n) is 7.67. The molecule has 4 heteroatoms. The van der Waals surface area contributed by atoms with Crippen molar-refractivity contribution in [3.05, 3.63) is 29.6 Å². The number of fused-ring (bicyclic) bond motifs is 2. The molecule has 3 nitrogen and oxygen atoms in total. The van der Waals surface area contributed by atoms with E-state index < -0.39 is 0 Å². The van der Waals surface area contributed by atoms with Gasteiger partial charge in [-0.05, 0) is 106 Å². The maximum Gasteiger partial charge on any atom is 0.123 e. The van der Waals surface area contributed by atoms with Gasteiger partial charge in [0.2, 0.25) is 0 Å². The molecule has 1 spiro atoms. The van der Waals surface area contributed by atoms with Crippen molar-refractivity contribution in [2.24, 2.45) is 17.8 Å². The Morgan fingerprint density at radius 1 is 1.08 bits per heavy atom. The lowest BCUT2D eigenvalue weighted by Crippen LogP contribution is -2.47. The summed E-state index contributed by atoms with van der Waals surface area (Å²) < 4.78 is 13.8. The van der Waals surface area contributed by atoms with Gasteiger partial charge in [-0.2, -0.15) is 0 Å². The first-order chi connectivity index (χ1) is 12.7. The van der Waals surface area contributed by atoms with Crippen LogP contribution in [0.2, 0.25) is 0 Å². The van der Waals surface area contributed by atoms with E-state index in [1.807, 2.05) is 6.07 Å². The Labute approximate surface area is 156 Å². The lowest BCUT2D eigenvalue weighted by atomic mass is 9.73. The van der Waals surface area contributed by atoms with Crippen LogP contribution in [0.1, 0.15) is 44.1 Å². The molecule has 1 atom stereocenters. The van der Waals surface area contributed by atoms with Crippen molar-refractivity contribution < 1.29 is 4.39 Å². The summed E-state index contributed by atoms with van der Waals surface area (Å²) in [5.74, 6) is 2.76. The number of piperidine rings is 2. The van der Waals surface area contributed by atoms with Crippen molar-refractivity contribution in [3.8, 4) is 0 Å². The Bertz CT molecular complexity index is 643. The van der Waals surface area contributed by atoms with E-state index in [1.54, 1.807) is 12.1 Å². The molecule has 26 heavy (non-hydrogen) atoms. The topological polar surface area (TPSA) is 27.3 Å². The first kappa shape index (κ1) is 17.0. The van der Waals surface area contributed by atoms with Gasteiger partial charge >= 0.3 is 0 Å². The minimum Gasteiger partial charge on any atom is -0.384 e. The van der Waals surface area contributed by atoms with E-state index in [-0.39, 0.29) is 11.2 Å². The Morgan fingerprint density at radius 2 is 1.81 bits per heavy atom. The zero-order chi connectivity index (χ0) is 17.6. The van der Waals surface area contributed by atoms with Crippen LogP contribution in [0.3, 0.4) is 0 Å². The van der Waals surface area contributed by atoms with E-state index >= 15 is 0 Å². The highest BCUT2D eigenvalue weighted by molar-refractivity contribution is 5.60. The average molecular weight is 358 g/mol. The molecule has 2 saturated heterocycles. The highest BCUT2D eigenvalue weighted by atomic mass is 19.1. The van der Waals surface area contributed by atoms with Crippen LogP contribution >= 0.6 is 0 Å². The Hall–Kier alpha value is -1.13. The number of anilines is 1. The number of halogens is 1. The van der Waals surface area contributed by atoms with Gasteiger partial charge in [-0.1, -0.05) is 0 Å². The number of nitrogens with zero attached hydrogens (tertiary/aromatic N) is 1. The molecule has 3 aliphatic heterocycles. The molecule has 2 N–H and O–H groups in total. The fourth-order valence-corrected chi connectivity index (χ4v) is 5.86. The number of likely N-dealkylation sites (tertiary alicyclic amines) is 1. The normalized spacial score (nSPS) is 27.3. The molecule has 142 valence electrons. The van der Waals surface area contributed by atoms with Gasteiger partial charge in [-0.15, -0.1) is 0 Å². The van der Waals surface area contributed by atoms with Crippen LogP contribution in [0.4, 0.5) is 10.1 Å². The fraction of sp³-hybridized carbons (Fsp3) is 0.727. The molecule has 1 saturated carbocycles. The van der Waals surface area contributed by atoms with Gasteiger partial charge in [0.1, 0.15) is 5.82 Å². The molecular weight excluding hydrogens is 325 g/mol. The van der Waals surface area contributed by atoms with Gasteiger partial charge in [0.05, 0.1) is 0 Å². The SMILES string of the molecule is Fc1ccc2c(c1)C1(CCN(CC(C3CCNCC3)C3CC3)CC1)CN2. The molecular formula is C22H32FN3. The van der Waals surface area contributed by atoms with E-state index in [9.17, 15) is 4.39 Å². The minimum absolute atomic E-state index is 0.0889. The highest BCUT2D eigenvalue weighted by Crippen LogP contribution is 2.46. The average Bonchev–Trinajstić information content (AvgIpc) is 3.47. The fourth-order valence-electron chi connectivity index (χ4n) is 5.86. The van der Waals surface area contributed by atoms with E-state index in [0.29, 0.717) is 0 Å². The third-order valence-corrected chi connectivity index (χ3v) is 7.67. The van der Waals surface area contributed by atoms with Crippen molar-refractivity contribution >= 4 is 5.69 Å². The predicted octanol–water partition coefficient (Wildman–Crippen LogP) is 3.61. The van der Waals surface area contributed by atoms with Crippen molar-refractivity contribution in [1.82, 2.24) is 10.2 Å².